The first kappa shape index (κ1) is 18.3. The molecule has 1 amide bonds. The lowest BCUT2D eigenvalue weighted by Gasteiger charge is -2.34. The van der Waals surface area contributed by atoms with E-state index in [9.17, 15) is 4.79 Å². The zero-order valence-corrected chi connectivity index (χ0v) is 15.4. The molecule has 2 aromatic rings. The molecule has 0 spiro atoms. The average molecular weight is 354 g/mol. The van der Waals surface area contributed by atoms with Crippen LogP contribution in [0.3, 0.4) is 0 Å². The molecule has 1 aliphatic heterocycles. The Kier molecular flexibility index (Phi) is 6.12. The molecule has 0 aliphatic carbocycles. The largest absolute Gasteiger partial charge is 0.455 e. The standard InChI is InChI=1S/C21H26N2O3/c1-3-17-15-23(13-14-25-17)21(24)16-22(2)19-11-7-8-12-20(19)26-18-9-5-4-6-10-18/h4-12,17H,3,13-16H2,1-2H3. The van der Waals surface area contributed by atoms with E-state index in [1.165, 1.54) is 0 Å². The summed E-state index contributed by atoms with van der Waals surface area (Å²) < 4.78 is 11.7. The fourth-order valence-corrected chi connectivity index (χ4v) is 3.06. The van der Waals surface area contributed by atoms with Gasteiger partial charge in [0.2, 0.25) is 5.91 Å². The van der Waals surface area contributed by atoms with Crippen LogP contribution < -0.4 is 9.64 Å². The molecule has 0 saturated carbocycles. The molecule has 0 radical (unpaired) electrons. The van der Waals surface area contributed by atoms with Crippen LogP contribution in [-0.4, -0.2) is 50.2 Å². The van der Waals surface area contributed by atoms with Crippen LogP contribution >= 0.6 is 0 Å². The second-order valence-electron chi connectivity index (χ2n) is 6.48. The number of hydrogen-bond acceptors (Lipinski definition) is 4. The van der Waals surface area contributed by atoms with E-state index < -0.39 is 0 Å². The number of amides is 1. The first-order chi connectivity index (χ1) is 12.7. The van der Waals surface area contributed by atoms with Gasteiger partial charge in [-0.3, -0.25) is 4.79 Å². The Hall–Kier alpha value is -2.53. The fourth-order valence-electron chi connectivity index (χ4n) is 3.06. The molecule has 138 valence electrons. The quantitative estimate of drug-likeness (QED) is 0.796. The highest BCUT2D eigenvalue weighted by atomic mass is 16.5. The molecule has 0 N–H and O–H groups in total. The van der Waals surface area contributed by atoms with Crippen molar-refractivity contribution in [1.82, 2.24) is 4.90 Å². The van der Waals surface area contributed by atoms with Gasteiger partial charge in [0, 0.05) is 20.1 Å². The Bertz CT molecular complexity index is 720. The topological polar surface area (TPSA) is 42.0 Å². The van der Waals surface area contributed by atoms with Crippen LogP contribution in [0.2, 0.25) is 0 Å². The Morgan fingerprint density at radius 3 is 2.69 bits per heavy atom. The van der Waals surface area contributed by atoms with Gasteiger partial charge in [-0.15, -0.1) is 0 Å². The molecule has 0 bridgehead atoms. The summed E-state index contributed by atoms with van der Waals surface area (Å²) >= 11 is 0. The van der Waals surface area contributed by atoms with E-state index in [0.29, 0.717) is 26.2 Å². The van der Waals surface area contributed by atoms with E-state index in [0.717, 1.165) is 23.6 Å². The predicted octanol–water partition coefficient (Wildman–Crippen LogP) is 3.55. The molecular weight excluding hydrogens is 328 g/mol. The summed E-state index contributed by atoms with van der Waals surface area (Å²) in [6.07, 6.45) is 1.07. The molecule has 1 fully saturated rings. The number of para-hydroxylation sites is 3. The minimum Gasteiger partial charge on any atom is -0.455 e. The number of anilines is 1. The summed E-state index contributed by atoms with van der Waals surface area (Å²) in [7, 11) is 1.92. The summed E-state index contributed by atoms with van der Waals surface area (Å²) in [4.78, 5) is 16.5. The van der Waals surface area contributed by atoms with Crippen molar-refractivity contribution in [2.24, 2.45) is 0 Å². The van der Waals surface area contributed by atoms with Crippen molar-refractivity contribution in [2.75, 3.05) is 38.2 Å². The van der Waals surface area contributed by atoms with Gasteiger partial charge >= 0.3 is 0 Å². The van der Waals surface area contributed by atoms with E-state index in [2.05, 4.69) is 6.92 Å². The summed E-state index contributed by atoms with van der Waals surface area (Å²) in [6.45, 7) is 4.34. The van der Waals surface area contributed by atoms with Crippen LogP contribution in [0, 0.1) is 0 Å². The molecule has 26 heavy (non-hydrogen) atoms. The Balaban J connectivity index is 1.68. The molecular formula is C21H26N2O3. The second kappa shape index (κ2) is 8.72. The predicted molar refractivity (Wildman–Crippen MR) is 103 cm³/mol. The van der Waals surface area contributed by atoms with Gasteiger partial charge in [0.15, 0.2) is 5.75 Å². The van der Waals surface area contributed by atoms with Crippen LogP contribution in [0.25, 0.3) is 0 Å². The number of benzene rings is 2. The molecule has 1 aliphatic rings. The third kappa shape index (κ3) is 4.55. The van der Waals surface area contributed by atoms with Gasteiger partial charge in [-0.1, -0.05) is 37.3 Å². The molecule has 1 atom stereocenters. The Morgan fingerprint density at radius 2 is 1.92 bits per heavy atom. The first-order valence-electron chi connectivity index (χ1n) is 9.10. The van der Waals surface area contributed by atoms with Crippen molar-refractivity contribution >= 4 is 11.6 Å². The maximum absolute atomic E-state index is 12.7. The third-order valence-corrected chi connectivity index (χ3v) is 4.57. The van der Waals surface area contributed by atoms with Crippen molar-refractivity contribution in [3.05, 3.63) is 54.6 Å². The first-order valence-corrected chi connectivity index (χ1v) is 9.10. The molecule has 1 heterocycles. The number of rotatable bonds is 6. The van der Waals surface area contributed by atoms with Crippen molar-refractivity contribution < 1.29 is 14.3 Å². The Labute approximate surface area is 155 Å². The highest BCUT2D eigenvalue weighted by molar-refractivity contribution is 5.82. The normalized spacial score (nSPS) is 17.0. The van der Waals surface area contributed by atoms with Crippen LogP contribution in [0.4, 0.5) is 5.69 Å². The van der Waals surface area contributed by atoms with E-state index in [-0.39, 0.29) is 12.0 Å². The van der Waals surface area contributed by atoms with Crippen LogP contribution in [0.5, 0.6) is 11.5 Å². The van der Waals surface area contributed by atoms with Crippen LogP contribution in [-0.2, 0) is 9.53 Å². The SMILES string of the molecule is CCC1CN(C(=O)CN(C)c2ccccc2Oc2ccccc2)CCO1. The number of morpholine rings is 1. The van der Waals surface area contributed by atoms with Crippen LogP contribution in [0.1, 0.15) is 13.3 Å². The van der Waals surface area contributed by atoms with Gasteiger partial charge in [-0.05, 0) is 30.7 Å². The van der Waals surface area contributed by atoms with Crippen LogP contribution in [0.15, 0.2) is 54.6 Å². The number of likely N-dealkylation sites (N-methyl/N-ethyl adjacent to an activating group) is 1. The smallest absolute Gasteiger partial charge is 0.242 e. The maximum atomic E-state index is 12.7. The molecule has 1 saturated heterocycles. The van der Waals surface area contributed by atoms with Crippen molar-refractivity contribution in [1.29, 1.82) is 0 Å². The fraction of sp³-hybridized carbons (Fsp3) is 0.381. The van der Waals surface area contributed by atoms with Crippen molar-refractivity contribution in [3.8, 4) is 11.5 Å². The third-order valence-electron chi connectivity index (χ3n) is 4.57. The zero-order valence-electron chi connectivity index (χ0n) is 15.4. The second-order valence-corrected chi connectivity index (χ2v) is 6.48. The number of ether oxygens (including phenoxy) is 2. The molecule has 3 rings (SSSR count). The van der Waals surface area contributed by atoms with E-state index in [1.807, 2.05) is 71.4 Å². The monoisotopic (exact) mass is 354 g/mol. The highest BCUT2D eigenvalue weighted by Crippen LogP contribution is 2.31. The molecule has 0 aromatic heterocycles. The summed E-state index contributed by atoms with van der Waals surface area (Å²) in [5, 5.41) is 0. The van der Waals surface area contributed by atoms with Gasteiger partial charge in [0.05, 0.1) is 24.9 Å². The van der Waals surface area contributed by atoms with Gasteiger partial charge in [-0.25, -0.2) is 0 Å². The van der Waals surface area contributed by atoms with Gasteiger partial charge in [0.25, 0.3) is 0 Å². The van der Waals surface area contributed by atoms with Gasteiger partial charge < -0.3 is 19.3 Å². The molecule has 1 unspecified atom stereocenters. The summed E-state index contributed by atoms with van der Waals surface area (Å²) in [6, 6.07) is 17.4. The molecule has 5 nitrogen and oxygen atoms in total. The van der Waals surface area contributed by atoms with E-state index in [1.54, 1.807) is 0 Å². The molecule has 5 heteroatoms. The highest BCUT2D eigenvalue weighted by Gasteiger charge is 2.24. The summed E-state index contributed by atoms with van der Waals surface area (Å²) in [5.41, 5.74) is 0.894. The number of carbonyl (C=O) groups is 1. The summed E-state index contributed by atoms with van der Waals surface area (Å²) in [5.74, 6) is 1.63. The lowest BCUT2D eigenvalue weighted by Crippen LogP contribution is -2.48. The minimum absolute atomic E-state index is 0.115. The lowest BCUT2D eigenvalue weighted by atomic mass is 10.2. The minimum atomic E-state index is 0.115. The van der Waals surface area contributed by atoms with Gasteiger partial charge in [0.1, 0.15) is 5.75 Å². The van der Waals surface area contributed by atoms with E-state index in [4.69, 9.17) is 9.47 Å². The maximum Gasteiger partial charge on any atom is 0.242 e. The zero-order chi connectivity index (χ0) is 18.4. The Morgan fingerprint density at radius 1 is 1.19 bits per heavy atom. The van der Waals surface area contributed by atoms with Crippen molar-refractivity contribution in [3.63, 3.8) is 0 Å². The number of nitrogens with zero attached hydrogens (tertiary/aromatic N) is 2. The van der Waals surface area contributed by atoms with Crippen molar-refractivity contribution in [2.45, 2.75) is 19.4 Å². The lowest BCUT2D eigenvalue weighted by molar-refractivity contribution is -0.137. The number of hydrogen-bond donors (Lipinski definition) is 0. The van der Waals surface area contributed by atoms with Gasteiger partial charge in [-0.2, -0.15) is 0 Å². The molecule has 2 aromatic carbocycles. The number of carbonyl (C=O) groups excluding carboxylic acids is 1. The average Bonchev–Trinajstić information content (AvgIpc) is 2.69. The van der Waals surface area contributed by atoms with E-state index >= 15 is 0 Å².